The second-order valence-electron chi connectivity index (χ2n) is 3.69. The first-order valence-electron chi connectivity index (χ1n) is 5.01. The molecule has 0 aliphatic carbocycles. The van der Waals surface area contributed by atoms with Gasteiger partial charge in [-0.05, 0) is 6.92 Å². The van der Waals surface area contributed by atoms with E-state index in [1.54, 1.807) is 7.11 Å². The molecule has 1 fully saturated rings. The fourth-order valence-electron chi connectivity index (χ4n) is 1.55. The van der Waals surface area contributed by atoms with Gasteiger partial charge in [0, 0.05) is 26.7 Å². The molecule has 1 aliphatic rings. The molecule has 3 N–H and O–H groups in total. The van der Waals surface area contributed by atoms with E-state index in [-0.39, 0.29) is 18.0 Å². The van der Waals surface area contributed by atoms with Crippen LogP contribution in [0.25, 0.3) is 0 Å². The lowest BCUT2D eigenvalue weighted by Crippen LogP contribution is -2.50. The highest BCUT2D eigenvalue weighted by atomic mass is 16.5. The average Bonchev–Trinajstić information content (AvgIpc) is 2.28. The largest absolute Gasteiger partial charge is 0.409 e. The summed E-state index contributed by atoms with van der Waals surface area (Å²) in [6, 6.07) is 0. The summed E-state index contributed by atoms with van der Waals surface area (Å²) >= 11 is 0. The van der Waals surface area contributed by atoms with Crippen LogP contribution in [0, 0.1) is 0 Å². The monoisotopic (exact) mass is 217 g/mol. The van der Waals surface area contributed by atoms with Crippen LogP contribution in [0.4, 0.5) is 0 Å². The first-order chi connectivity index (χ1) is 7.17. The van der Waals surface area contributed by atoms with Gasteiger partial charge >= 0.3 is 0 Å². The highest BCUT2D eigenvalue weighted by Gasteiger charge is 2.24. The summed E-state index contributed by atoms with van der Waals surface area (Å²) in [5, 5.41) is 11.5. The lowest BCUT2D eigenvalue weighted by molar-refractivity contribution is -0.0162. The molecule has 15 heavy (non-hydrogen) atoms. The number of amidine groups is 1. The molecule has 2 unspecified atom stereocenters. The molecule has 0 amide bonds. The van der Waals surface area contributed by atoms with Crippen molar-refractivity contribution in [3.63, 3.8) is 0 Å². The number of methoxy groups -OCH3 is 1. The van der Waals surface area contributed by atoms with Crippen LogP contribution >= 0.6 is 0 Å². The Hall–Kier alpha value is -0.850. The summed E-state index contributed by atoms with van der Waals surface area (Å²) in [4.78, 5) is 2.18. The molecule has 0 saturated carbocycles. The van der Waals surface area contributed by atoms with Crippen molar-refractivity contribution in [2.45, 2.75) is 19.1 Å². The fourth-order valence-corrected chi connectivity index (χ4v) is 1.55. The van der Waals surface area contributed by atoms with Gasteiger partial charge in [-0.15, -0.1) is 0 Å². The van der Waals surface area contributed by atoms with Crippen molar-refractivity contribution < 1.29 is 14.7 Å². The van der Waals surface area contributed by atoms with Crippen LogP contribution in [0.1, 0.15) is 6.92 Å². The number of hydrogen-bond donors (Lipinski definition) is 2. The van der Waals surface area contributed by atoms with Crippen LogP contribution in [0.5, 0.6) is 0 Å². The van der Waals surface area contributed by atoms with E-state index in [0.29, 0.717) is 13.2 Å². The van der Waals surface area contributed by atoms with Crippen molar-refractivity contribution >= 4 is 5.84 Å². The summed E-state index contributed by atoms with van der Waals surface area (Å²) in [5.41, 5.74) is 5.49. The van der Waals surface area contributed by atoms with E-state index >= 15 is 0 Å². The van der Waals surface area contributed by atoms with Crippen LogP contribution in [0.3, 0.4) is 0 Å². The Morgan fingerprint density at radius 3 is 3.13 bits per heavy atom. The highest BCUT2D eigenvalue weighted by Crippen LogP contribution is 2.06. The smallest absolute Gasteiger partial charge is 0.169 e. The van der Waals surface area contributed by atoms with Gasteiger partial charge in [0.1, 0.15) is 6.10 Å². The van der Waals surface area contributed by atoms with Crippen LogP contribution in [0.15, 0.2) is 5.16 Å². The predicted octanol–water partition coefficient (Wildman–Crippen LogP) is -0.531. The van der Waals surface area contributed by atoms with Gasteiger partial charge in [-0.25, -0.2) is 0 Å². The van der Waals surface area contributed by atoms with Crippen molar-refractivity contribution in [1.82, 2.24) is 4.90 Å². The van der Waals surface area contributed by atoms with Gasteiger partial charge in [-0.2, -0.15) is 0 Å². The Morgan fingerprint density at radius 2 is 2.53 bits per heavy atom. The Kier molecular flexibility index (Phi) is 4.80. The number of nitrogens with two attached hydrogens (primary N) is 1. The van der Waals surface area contributed by atoms with Crippen LogP contribution in [0.2, 0.25) is 0 Å². The van der Waals surface area contributed by atoms with Crippen LogP contribution in [-0.4, -0.2) is 61.5 Å². The quantitative estimate of drug-likeness (QED) is 0.286. The molecule has 0 bridgehead atoms. The SMILES string of the molecule is COC(C)CN1CCOC(C(N)=NO)C1. The molecule has 2 atom stereocenters. The predicted molar refractivity (Wildman–Crippen MR) is 56.1 cm³/mol. The fraction of sp³-hybridized carbons (Fsp3) is 0.889. The third-order valence-electron chi connectivity index (χ3n) is 2.51. The number of morpholine rings is 1. The first-order valence-corrected chi connectivity index (χ1v) is 5.01. The third kappa shape index (κ3) is 3.65. The minimum Gasteiger partial charge on any atom is -0.409 e. The van der Waals surface area contributed by atoms with Crippen molar-refractivity contribution in [2.75, 3.05) is 33.4 Å². The summed E-state index contributed by atoms with van der Waals surface area (Å²) in [7, 11) is 1.69. The lowest BCUT2D eigenvalue weighted by atomic mass is 10.2. The molecule has 0 aromatic heterocycles. The first kappa shape index (κ1) is 12.2. The van der Waals surface area contributed by atoms with Gasteiger partial charge in [0.05, 0.1) is 12.7 Å². The summed E-state index contributed by atoms with van der Waals surface area (Å²) in [5.74, 6) is 0.129. The van der Waals surface area contributed by atoms with Crippen molar-refractivity contribution in [1.29, 1.82) is 0 Å². The molecule has 88 valence electrons. The van der Waals surface area contributed by atoms with Crippen molar-refractivity contribution in [3.8, 4) is 0 Å². The van der Waals surface area contributed by atoms with Gasteiger partial charge in [-0.1, -0.05) is 5.16 Å². The Labute approximate surface area is 89.6 Å². The molecule has 0 aromatic carbocycles. The zero-order valence-corrected chi connectivity index (χ0v) is 9.22. The average molecular weight is 217 g/mol. The number of hydrogen-bond acceptors (Lipinski definition) is 5. The minimum absolute atomic E-state index is 0.129. The van der Waals surface area contributed by atoms with Crippen LogP contribution < -0.4 is 5.73 Å². The number of oxime groups is 1. The molecule has 0 aromatic rings. The zero-order chi connectivity index (χ0) is 11.3. The molecule has 0 spiro atoms. The topological polar surface area (TPSA) is 80.3 Å². The molecule has 0 radical (unpaired) electrons. The molecule has 6 nitrogen and oxygen atoms in total. The van der Waals surface area contributed by atoms with E-state index in [4.69, 9.17) is 20.4 Å². The lowest BCUT2D eigenvalue weighted by Gasteiger charge is -2.33. The molecule has 1 heterocycles. The van der Waals surface area contributed by atoms with Gasteiger partial charge < -0.3 is 20.4 Å². The normalized spacial score (nSPS) is 26.5. The Bertz CT molecular complexity index is 223. The van der Waals surface area contributed by atoms with Gasteiger partial charge in [0.25, 0.3) is 0 Å². The maximum Gasteiger partial charge on any atom is 0.169 e. The van der Waals surface area contributed by atoms with Gasteiger partial charge in [0.15, 0.2) is 5.84 Å². The van der Waals surface area contributed by atoms with E-state index in [1.807, 2.05) is 6.92 Å². The standard InChI is InChI=1S/C9H19N3O3/c1-7(14-2)5-12-3-4-15-8(6-12)9(10)11-13/h7-8,13H,3-6H2,1-2H3,(H2,10,11). The third-order valence-corrected chi connectivity index (χ3v) is 2.51. The maximum atomic E-state index is 8.54. The second kappa shape index (κ2) is 5.89. The number of rotatable bonds is 4. The number of ether oxygens (including phenoxy) is 2. The molecule has 1 saturated heterocycles. The van der Waals surface area contributed by atoms with E-state index < -0.39 is 0 Å². The van der Waals surface area contributed by atoms with Crippen LogP contribution in [-0.2, 0) is 9.47 Å². The Morgan fingerprint density at radius 1 is 1.80 bits per heavy atom. The summed E-state index contributed by atoms with van der Waals surface area (Å²) < 4.78 is 10.6. The summed E-state index contributed by atoms with van der Waals surface area (Å²) in [6.45, 7) is 4.92. The molecule has 1 rings (SSSR count). The molecule has 6 heteroatoms. The molecule has 1 aliphatic heterocycles. The van der Waals surface area contributed by atoms with Crippen molar-refractivity contribution in [3.05, 3.63) is 0 Å². The van der Waals surface area contributed by atoms with Gasteiger partial charge in [-0.3, -0.25) is 4.90 Å². The maximum absolute atomic E-state index is 8.54. The van der Waals surface area contributed by atoms with E-state index in [0.717, 1.165) is 13.1 Å². The second-order valence-corrected chi connectivity index (χ2v) is 3.69. The minimum atomic E-state index is -0.312. The highest BCUT2D eigenvalue weighted by molar-refractivity contribution is 5.84. The number of nitrogens with zero attached hydrogens (tertiary/aromatic N) is 2. The molecular formula is C9H19N3O3. The summed E-state index contributed by atoms with van der Waals surface area (Å²) in [6.07, 6.45) is -0.135. The van der Waals surface area contributed by atoms with E-state index in [2.05, 4.69) is 10.1 Å². The zero-order valence-electron chi connectivity index (χ0n) is 9.22. The Balaban J connectivity index is 2.42. The van der Waals surface area contributed by atoms with E-state index in [1.165, 1.54) is 0 Å². The molecular weight excluding hydrogens is 198 g/mol. The van der Waals surface area contributed by atoms with E-state index in [9.17, 15) is 0 Å². The van der Waals surface area contributed by atoms with Crippen molar-refractivity contribution in [2.24, 2.45) is 10.9 Å². The van der Waals surface area contributed by atoms with Gasteiger partial charge in [0.2, 0.25) is 0 Å².